The first-order valence-corrected chi connectivity index (χ1v) is 7.45. The molecule has 1 N–H and O–H groups in total. The maximum atomic E-state index is 12.4. The van der Waals surface area contributed by atoms with Crippen molar-refractivity contribution in [2.45, 2.75) is 6.92 Å². The van der Waals surface area contributed by atoms with Gasteiger partial charge in [0, 0.05) is 15.6 Å². The molecule has 5 nitrogen and oxygen atoms in total. The standard InChI is InChI=1S/C13H9BrN4OS/c1-7-4-10(12(19)17-13-18-15-6-20-13)9-5-8(14)2-3-11(9)16-7/h2-6H,1H3,(H,17,18,19). The van der Waals surface area contributed by atoms with Crippen molar-refractivity contribution < 1.29 is 4.79 Å². The molecule has 0 saturated carbocycles. The molecule has 0 bridgehead atoms. The van der Waals surface area contributed by atoms with Crippen LogP contribution in [0.15, 0.2) is 34.2 Å². The topological polar surface area (TPSA) is 67.8 Å². The number of benzene rings is 1. The van der Waals surface area contributed by atoms with Gasteiger partial charge in [-0.15, -0.1) is 10.2 Å². The molecule has 0 aliphatic rings. The first kappa shape index (κ1) is 13.1. The third-order valence-electron chi connectivity index (χ3n) is 2.72. The van der Waals surface area contributed by atoms with Crippen molar-refractivity contribution in [2.24, 2.45) is 0 Å². The summed E-state index contributed by atoms with van der Waals surface area (Å²) >= 11 is 4.69. The third-order valence-corrected chi connectivity index (χ3v) is 3.82. The van der Waals surface area contributed by atoms with Crippen molar-refractivity contribution in [2.75, 3.05) is 5.32 Å². The van der Waals surface area contributed by atoms with Gasteiger partial charge in [0.2, 0.25) is 5.13 Å². The highest BCUT2D eigenvalue weighted by atomic mass is 79.9. The van der Waals surface area contributed by atoms with E-state index in [1.807, 2.05) is 25.1 Å². The van der Waals surface area contributed by atoms with Gasteiger partial charge in [-0.2, -0.15) is 0 Å². The SMILES string of the molecule is Cc1cc(C(=O)Nc2nncs2)c2cc(Br)ccc2n1. The maximum absolute atomic E-state index is 12.4. The molecular formula is C13H9BrN4OS. The number of halogens is 1. The van der Waals surface area contributed by atoms with Crippen molar-refractivity contribution in [3.05, 3.63) is 45.5 Å². The van der Waals surface area contributed by atoms with Crippen LogP contribution in [0.2, 0.25) is 0 Å². The summed E-state index contributed by atoms with van der Waals surface area (Å²) < 4.78 is 0.903. The number of nitrogens with zero attached hydrogens (tertiary/aromatic N) is 3. The zero-order chi connectivity index (χ0) is 14.1. The van der Waals surface area contributed by atoms with Gasteiger partial charge in [0.15, 0.2) is 0 Å². The van der Waals surface area contributed by atoms with Crippen LogP contribution in [0, 0.1) is 6.92 Å². The normalized spacial score (nSPS) is 10.7. The van der Waals surface area contributed by atoms with Crippen LogP contribution in [-0.4, -0.2) is 21.1 Å². The van der Waals surface area contributed by atoms with Crippen LogP contribution < -0.4 is 5.32 Å². The summed E-state index contributed by atoms with van der Waals surface area (Å²) in [6, 6.07) is 7.44. The first-order chi connectivity index (χ1) is 9.63. The minimum Gasteiger partial charge on any atom is -0.296 e. The van der Waals surface area contributed by atoms with Crippen LogP contribution in [0.25, 0.3) is 10.9 Å². The molecule has 20 heavy (non-hydrogen) atoms. The van der Waals surface area contributed by atoms with E-state index in [2.05, 4.69) is 36.4 Å². The summed E-state index contributed by atoms with van der Waals surface area (Å²) in [5.74, 6) is -0.213. The second kappa shape index (κ2) is 5.26. The largest absolute Gasteiger partial charge is 0.296 e. The highest BCUT2D eigenvalue weighted by Gasteiger charge is 2.13. The lowest BCUT2D eigenvalue weighted by molar-refractivity contribution is 0.102. The van der Waals surface area contributed by atoms with Gasteiger partial charge in [-0.05, 0) is 31.2 Å². The third kappa shape index (κ3) is 2.54. The molecule has 0 atom stereocenters. The van der Waals surface area contributed by atoms with Crippen molar-refractivity contribution in [3.63, 3.8) is 0 Å². The fraction of sp³-hybridized carbons (Fsp3) is 0.0769. The molecule has 0 fully saturated rings. The van der Waals surface area contributed by atoms with Crippen molar-refractivity contribution in [3.8, 4) is 0 Å². The van der Waals surface area contributed by atoms with Gasteiger partial charge in [0.1, 0.15) is 5.51 Å². The molecule has 2 heterocycles. The van der Waals surface area contributed by atoms with Gasteiger partial charge >= 0.3 is 0 Å². The van der Waals surface area contributed by atoms with E-state index in [-0.39, 0.29) is 5.91 Å². The number of aryl methyl sites for hydroxylation is 1. The molecule has 1 aromatic carbocycles. The van der Waals surface area contributed by atoms with Crippen LogP contribution in [0.5, 0.6) is 0 Å². The molecular weight excluding hydrogens is 340 g/mol. The van der Waals surface area contributed by atoms with Gasteiger partial charge in [-0.1, -0.05) is 27.3 Å². The second-order valence-corrected chi connectivity index (χ2v) is 5.92. The molecule has 0 aliphatic heterocycles. The van der Waals surface area contributed by atoms with E-state index in [0.717, 1.165) is 21.1 Å². The predicted molar refractivity (Wildman–Crippen MR) is 82.0 cm³/mol. The van der Waals surface area contributed by atoms with Gasteiger partial charge in [-0.25, -0.2) is 0 Å². The van der Waals surface area contributed by atoms with Gasteiger partial charge < -0.3 is 0 Å². The van der Waals surface area contributed by atoms with Gasteiger partial charge in [0.05, 0.1) is 11.1 Å². The Morgan fingerprint density at radius 1 is 1.35 bits per heavy atom. The molecule has 1 amide bonds. The molecule has 0 spiro atoms. The van der Waals surface area contributed by atoms with Crippen LogP contribution in [0.1, 0.15) is 16.1 Å². The Bertz CT molecular complexity index is 788. The Morgan fingerprint density at radius 3 is 2.95 bits per heavy atom. The molecule has 7 heteroatoms. The highest BCUT2D eigenvalue weighted by Crippen LogP contribution is 2.23. The fourth-order valence-corrected chi connectivity index (χ4v) is 2.71. The van der Waals surface area contributed by atoms with E-state index in [4.69, 9.17) is 0 Å². The quantitative estimate of drug-likeness (QED) is 0.770. The summed E-state index contributed by atoms with van der Waals surface area (Å²) in [5, 5.41) is 11.5. The first-order valence-electron chi connectivity index (χ1n) is 5.78. The average Bonchev–Trinajstić information content (AvgIpc) is 2.91. The summed E-state index contributed by atoms with van der Waals surface area (Å²) in [6.07, 6.45) is 0. The van der Waals surface area contributed by atoms with Crippen LogP contribution in [-0.2, 0) is 0 Å². The van der Waals surface area contributed by atoms with Gasteiger partial charge in [0.25, 0.3) is 5.91 Å². The number of hydrogen-bond acceptors (Lipinski definition) is 5. The monoisotopic (exact) mass is 348 g/mol. The lowest BCUT2D eigenvalue weighted by Crippen LogP contribution is -2.13. The van der Waals surface area contributed by atoms with Crippen LogP contribution in [0.3, 0.4) is 0 Å². The van der Waals surface area contributed by atoms with E-state index >= 15 is 0 Å². The van der Waals surface area contributed by atoms with Crippen molar-refractivity contribution in [1.29, 1.82) is 0 Å². The van der Waals surface area contributed by atoms with E-state index in [9.17, 15) is 4.79 Å². The number of fused-ring (bicyclic) bond motifs is 1. The Kier molecular flexibility index (Phi) is 3.45. The fourth-order valence-electron chi connectivity index (χ4n) is 1.91. The number of carbonyl (C=O) groups excluding carboxylic acids is 1. The molecule has 0 radical (unpaired) electrons. The van der Waals surface area contributed by atoms with E-state index in [1.165, 1.54) is 11.3 Å². The molecule has 100 valence electrons. The minimum atomic E-state index is -0.213. The number of aromatic nitrogens is 3. The van der Waals surface area contributed by atoms with Crippen molar-refractivity contribution in [1.82, 2.24) is 15.2 Å². The summed E-state index contributed by atoms with van der Waals surface area (Å²) in [5.41, 5.74) is 3.73. The Morgan fingerprint density at radius 2 is 2.20 bits per heavy atom. The highest BCUT2D eigenvalue weighted by molar-refractivity contribution is 9.10. The van der Waals surface area contributed by atoms with Crippen LogP contribution >= 0.6 is 27.3 Å². The minimum absolute atomic E-state index is 0.213. The summed E-state index contributed by atoms with van der Waals surface area (Å²) in [7, 11) is 0. The summed E-state index contributed by atoms with van der Waals surface area (Å²) in [4.78, 5) is 16.8. The zero-order valence-electron chi connectivity index (χ0n) is 10.4. The number of pyridine rings is 1. The molecule has 0 unspecified atom stereocenters. The molecule has 0 aliphatic carbocycles. The molecule has 3 rings (SSSR count). The Hall–Kier alpha value is -1.86. The van der Waals surface area contributed by atoms with Gasteiger partial charge in [-0.3, -0.25) is 15.1 Å². The Balaban J connectivity index is 2.09. The number of hydrogen-bond donors (Lipinski definition) is 1. The smallest absolute Gasteiger partial charge is 0.258 e. The second-order valence-electron chi connectivity index (χ2n) is 4.17. The predicted octanol–water partition coefficient (Wildman–Crippen LogP) is 3.41. The average molecular weight is 349 g/mol. The van der Waals surface area contributed by atoms with E-state index in [1.54, 1.807) is 11.6 Å². The van der Waals surface area contributed by atoms with E-state index in [0.29, 0.717) is 10.7 Å². The van der Waals surface area contributed by atoms with Crippen molar-refractivity contribution >= 4 is 49.2 Å². The maximum Gasteiger partial charge on any atom is 0.258 e. The zero-order valence-corrected chi connectivity index (χ0v) is 12.8. The molecule has 3 aromatic rings. The van der Waals surface area contributed by atoms with E-state index < -0.39 is 0 Å². The number of amides is 1. The lowest BCUT2D eigenvalue weighted by Gasteiger charge is -2.07. The molecule has 2 aromatic heterocycles. The summed E-state index contributed by atoms with van der Waals surface area (Å²) in [6.45, 7) is 1.86. The Labute approximate surface area is 127 Å². The lowest BCUT2D eigenvalue weighted by atomic mass is 10.1. The number of rotatable bonds is 2. The number of anilines is 1. The number of carbonyl (C=O) groups is 1. The molecule has 0 saturated heterocycles. The van der Waals surface area contributed by atoms with Crippen LogP contribution in [0.4, 0.5) is 5.13 Å². The number of nitrogens with one attached hydrogen (secondary N) is 1.